The van der Waals surface area contributed by atoms with Crippen LogP contribution in [0.1, 0.15) is 35.7 Å². The van der Waals surface area contributed by atoms with Gasteiger partial charge in [-0.2, -0.15) is 0 Å². The summed E-state index contributed by atoms with van der Waals surface area (Å²) in [5.74, 6) is 1.69. The predicted octanol–water partition coefficient (Wildman–Crippen LogP) is 10.9. The molecule has 0 aliphatic heterocycles. The van der Waals surface area contributed by atoms with E-state index in [9.17, 15) is 30.0 Å². The Hall–Kier alpha value is -3.49. The number of hydrogen-bond donors (Lipinski definition) is 0. The van der Waals surface area contributed by atoms with Crippen molar-refractivity contribution in [2.24, 2.45) is 0 Å². The molecule has 0 saturated heterocycles. The molecule has 11 heteroatoms. The van der Waals surface area contributed by atoms with Crippen LogP contribution in [0.25, 0.3) is 0 Å². The second-order valence-corrected chi connectivity index (χ2v) is 12.8. The zero-order valence-corrected chi connectivity index (χ0v) is 23.5. The Balaban J connectivity index is 0.000000559. The zero-order chi connectivity index (χ0) is 29.6. The monoisotopic (exact) mass is 600 g/mol. The van der Waals surface area contributed by atoms with Crippen LogP contribution in [0.5, 0.6) is 11.5 Å². The van der Waals surface area contributed by atoms with Gasteiger partial charge in [0.15, 0.2) is 14.7 Å². The fourth-order valence-electron chi connectivity index (χ4n) is 3.57. The summed E-state index contributed by atoms with van der Waals surface area (Å²) in [7, 11) is -9.72. The van der Waals surface area contributed by atoms with Crippen LogP contribution in [-0.2, 0) is 15.6 Å². The molecule has 0 heterocycles. The molecule has 3 nitrogen and oxygen atoms in total. The molecule has 0 aromatic heterocycles. The Labute approximate surface area is 231 Å². The Bertz CT molecular complexity index is 1420. The molecule has 1 atom stereocenters. The van der Waals surface area contributed by atoms with Gasteiger partial charge in [0.05, 0.1) is 7.11 Å². The first-order valence-corrected chi connectivity index (χ1v) is 15.2. The number of rotatable bonds is 7. The third-order valence-electron chi connectivity index (χ3n) is 5.33. The van der Waals surface area contributed by atoms with E-state index in [0.29, 0.717) is 11.5 Å². The molecule has 0 saturated carbocycles. The summed E-state index contributed by atoms with van der Waals surface area (Å²) in [4.78, 5) is 15.8. The molecule has 0 spiro atoms. The van der Waals surface area contributed by atoms with Crippen molar-refractivity contribution < 1.29 is 39.4 Å². The van der Waals surface area contributed by atoms with Gasteiger partial charge in [-0.15, -0.1) is 0 Å². The van der Waals surface area contributed by atoms with Crippen molar-refractivity contribution in [2.75, 3.05) is 7.11 Å². The number of halogens is 6. The molecule has 4 aromatic carbocycles. The predicted molar refractivity (Wildman–Crippen MR) is 147 cm³/mol. The van der Waals surface area contributed by atoms with Crippen LogP contribution in [-0.4, -0.2) is 13.1 Å². The number of esters is 1. The van der Waals surface area contributed by atoms with Crippen molar-refractivity contribution in [3.63, 3.8) is 0 Å². The fourth-order valence-corrected chi connectivity index (χ4v) is 5.75. The van der Waals surface area contributed by atoms with Crippen LogP contribution >= 0.6 is 7.81 Å². The minimum absolute atomic E-state index is 0.328. The van der Waals surface area contributed by atoms with Gasteiger partial charge in [0, 0.05) is 0 Å². The van der Waals surface area contributed by atoms with Crippen LogP contribution in [0.2, 0.25) is 0 Å². The number of carbonyl (C=O) groups excluding carboxylic acids is 1. The molecule has 0 fully saturated rings. The molecule has 0 bridgehead atoms. The number of ether oxygens (including phenoxy) is 2. The Kier molecular flexibility index (Phi) is 8.96. The summed E-state index contributed by atoms with van der Waals surface area (Å²) in [5.41, 5.74) is 1.87. The SMILES string of the molecule is COC(=O)c1ccccc1[S+](c1ccc(Oc2ccccc2)cc1)c1ccc(C(C)C)cc1.F[P-](F)(F)(F)(F)F. The van der Waals surface area contributed by atoms with Crippen molar-refractivity contribution >= 4 is 24.7 Å². The molecule has 4 rings (SSSR count). The topological polar surface area (TPSA) is 35.5 Å². The summed E-state index contributed by atoms with van der Waals surface area (Å²) >= 11 is 0. The summed E-state index contributed by atoms with van der Waals surface area (Å²) in [6.07, 6.45) is 0. The van der Waals surface area contributed by atoms with E-state index in [4.69, 9.17) is 9.47 Å². The maximum absolute atomic E-state index is 12.6. The van der Waals surface area contributed by atoms with Crippen molar-refractivity contribution in [3.05, 3.63) is 114 Å². The molecule has 0 amide bonds. The van der Waals surface area contributed by atoms with Crippen molar-refractivity contribution in [1.29, 1.82) is 0 Å². The van der Waals surface area contributed by atoms with E-state index in [-0.39, 0.29) is 5.97 Å². The molecule has 0 N–H and O–H groups in total. The van der Waals surface area contributed by atoms with E-state index >= 15 is 0 Å². The number of carbonyl (C=O) groups is 1. The second kappa shape index (κ2) is 11.6. The van der Waals surface area contributed by atoms with Crippen molar-refractivity contribution in [1.82, 2.24) is 0 Å². The second-order valence-electron chi connectivity index (χ2n) is 8.86. The Morgan fingerprint density at radius 3 is 1.62 bits per heavy atom. The van der Waals surface area contributed by atoms with E-state index in [1.54, 1.807) is 0 Å². The van der Waals surface area contributed by atoms with Crippen LogP contribution in [0.15, 0.2) is 118 Å². The summed E-state index contributed by atoms with van der Waals surface area (Å²) in [6.45, 7) is 4.37. The first kappa shape index (κ1) is 31.0. The van der Waals surface area contributed by atoms with Crippen LogP contribution < -0.4 is 4.74 Å². The van der Waals surface area contributed by atoms with Gasteiger partial charge in [-0.05, 0) is 72.1 Å². The van der Waals surface area contributed by atoms with Gasteiger partial charge in [0.2, 0.25) is 0 Å². The summed E-state index contributed by atoms with van der Waals surface area (Å²) < 4.78 is 70.2. The van der Waals surface area contributed by atoms with Gasteiger partial charge < -0.3 is 9.47 Å². The number of methoxy groups -OCH3 is 1. The molecule has 0 aliphatic rings. The number of hydrogen-bond acceptors (Lipinski definition) is 3. The molecule has 1 unspecified atom stereocenters. The Morgan fingerprint density at radius 2 is 1.12 bits per heavy atom. The quantitative estimate of drug-likeness (QED) is 0.0916. The van der Waals surface area contributed by atoms with E-state index in [1.165, 1.54) is 12.7 Å². The van der Waals surface area contributed by atoms with Crippen LogP contribution in [0, 0.1) is 0 Å². The minimum atomic E-state index is -10.7. The average molecular weight is 601 g/mol. The number of para-hydroxylation sites is 1. The first-order chi connectivity index (χ1) is 18.5. The van der Waals surface area contributed by atoms with Crippen molar-refractivity contribution in [2.45, 2.75) is 34.5 Å². The van der Waals surface area contributed by atoms with Gasteiger partial charge in [0.25, 0.3) is 0 Å². The standard InChI is InChI=1S/C29H27O3S.F6P/c1-21(2)22-13-17-25(18-14-22)33(28-12-8-7-11-27(28)29(30)31-3)26-19-15-24(16-20-26)32-23-9-5-4-6-10-23;1-7(2,3,4,5)6/h4-21H,1-3H3;/q+1;-1. The maximum atomic E-state index is 12.6. The van der Waals surface area contributed by atoms with Crippen LogP contribution in [0.4, 0.5) is 25.2 Å². The summed E-state index contributed by atoms with van der Waals surface area (Å²) in [6, 6.07) is 34.2. The molecule has 0 aliphatic carbocycles. The van der Waals surface area contributed by atoms with Gasteiger partial charge in [-0.1, -0.05) is 56.3 Å². The molecular weight excluding hydrogens is 573 g/mol. The van der Waals surface area contributed by atoms with Gasteiger partial charge in [-0.3, -0.25) is 0 Å². The molecule has 214 valence electrons. The normalized spacial score (nSPS) is 13.8. The van der Waals surface area contributed by atoms with Crippen molar-refractivity contribution in [3.8, 4) is 11.5 Å². The molecule has 40 heavy (non-hydrogen) atoms. The van der Waals surface area contributed by atoms with Crippen LogP contribution in [0.3, 0.4) is 0 Å². The molecular formula is C29H27F6O3PS. The van der Waals surface area contributed by atoms with E-state index in [2.05, 4.69) is 50.2 Å². The zero-order valence-electron chi connectivity index (χ0n) is 21.7. The van der Waals surface area contributed by atoms with Gasteiger partial charge in [0.1, 0.15) is 28.0 Å². The third-order valence-corrected chi connectivity index (χ3v) is 7.62. The molecule has 4 aromatic rings. The van der Waals surface area contributed by atoms with E-state index in [0.717, 1.165) is 26.2 Å². The van der Waals surface area contributed by atoms with E-state index < -0.39 is 18.7 Å². The van der Waals surface area contributed by atoms with E-state index in [1.807, 2.05) is 66.7 Å². The molecule has 0 radical (unpaired) electrons. The number of benzene rings is 4. The fraction of sp³-hybridized carbons (Fsp3) is 0.138. The first-order valence-electron chi connectivity index (χ1n) is 11.9. The average Bonchev–Trinajstić information content (AvgIpc) is 2.89. The summed E-state index contributed by atoms with van der Waals surface area (Å²) in [5, 5.41) is 0. The van der Waals surface area contributed by atoms with Gasteiger partial charge >= 0.3 is 39.0 Å². The van der Waals surface area contributed by atoms with Gasteiger partial charge in [-0.25, -0.2) is 4.79 Å². The third kappa shape index (κ3) is 10.2. The Morgan fingerprint density at radius 1 is 0.675 bits per heavy atom.